The van der Waals surface area contributed by atoms with Crippen molar-refractivity contribution in [2.24, 2.45) is 12.8 Å². The molecule has 1 aliphatic heterocycles. The summed E-state index contributed by atoms with van der Waals surface area (Å²) in [5.41, 5.74) is 11.1. The Morgan fingerprint density at radius 2 is 2.03 bits per heavy atom. The molecule has 0 saturated carbocycles. The van der Waals surface area contributed by atoms with Gasteiger partial charge in [-0.1, -0.05) is 23.7 Å². The fourth-order valence-corrected chi connectivity index (χ4v) is 4.70. The molecule has 0 radical (unpaired) electrons. The second-order valence-corrected chi connectivity index (χ2v) is 8.39. The molecule has 0 aliphatic carbocycles. The Morgan fingerprint density at radius 1 is 1.22 bits per heavy atom. The van der Waals surface area contributed by atoms with Crippen molar-refractivity contribution in [1.29, 1.82) is 5.26 Å². The lowest BCUT2D eigenvalue weighted by Crippen LogP contribution is -2.27. The highest BCUT2D eigenvalue weighted by Crippen LogP contribution is 2.41. The zero-order valence-corrected chi connectivity index (χ0v) is 18.1. The van der Waals surface area contributed by atoms with Crippen LogP contribution in [0.1, 0.15) is 12.0 Å². The molecule has 0 amide bonds. The number of nitrogens with two attached hydrogens (primary N) is 1. The fraction of sp³-hybridized carbons (Fsp3) is 0.208. The van der Waals surface area contributed by atoms with Gasteiger partial charge < -0.3 is 15.2 Å². The number of halogens is 2. The van der Waals surface area contributed by atoms with Crippen LogP contribution in [0, 0.1) is 17.1 Å². The number of hydrogen-bond donors (Lipinski definition) is 1. The first-order valence-corrected chi connectivity index (χ1v) is 10.7. The average Bonchev–Trinajstić information content (AvgIpc) is 3.37. The van der Waals surface area contributed by atoms with Gasteiger partial charge >= 0.3 is 0 Å². The summed E-state index contributed by atoms with van der Waals surface area (Å²) in [6.45, 7) is 1.46. The van der Waals surface area contributed by atoms with E-state index in [9.17, 15) is 9.65 Å². The number of benzene rings is 2. The second-order valence-electron chi connectivity index (χ2n) is 7.99. The summed E-state index contributed by atoms with van der Waals surface area (Å²) >= 11 is 6.45. The minimum absolute atomic E-state index is 0.00788. The topological polar surface area (TPSA) is 83.8 Å². The van der Waals surface area contributed by atoms with Crippen molar-refractivity contribution in [2.45, 2.75) is 12.5 Å². The smallest absolute Gasteiger partial charge is 0.144 e. The zero-order valence-electron chi connectivity index (χ0n) is 17.4. The lowest BCUT2D eigenvalue weighted by molar-refractivity contribution is 0.624. The maximum absolute atomic E-state index is 14.0. The van der Waals surface area contributed by atoms with Gasteiger partial charge in [-0.05, 0) is 36.2 Å². The van der Waals surface area contributed by atoms with Gasteiger partial charge in [0, 0.05) is 44.1 Å². The van der Waals surface area contributed by atoms with E-state index < -0.39 is 5.82 Å². The molecule has 6 nitrogen and oxygen atoms in total. The van der Waals surface area contributed by atoms with E-state index >= 15 is 0 Å². The van der Waals surface area contributed by atoms with E-state index in [0.717, 1.165) is 46.6 Å². The van der Waals surface area contributed by atoms with Gasteiger partial charge in [0.2, 0.25) is 0 Å². The van der Waals surface area contributed by atoms with Crippen molar-refractivity contribution in [3.8, 4) is 28.6 Å². The Hall–Kier alpha value is -3.47. The number of aryl methyl sites for hydroxylation is 1. The Morgan fingerprint density at radius 3 is 2.75 bits per heavy atom. The molecule has 1 fully saturated rings. The molecule has 8 heteroatoms. The van der Waals surface area contributed by atoms with Crippen LogP contribution in [0.3, 0.4) is 0 Å². The quantitative estimate of drug-likeness (QED) is 0.500. The van der Waals surface area contributed by atoms with Crippen molar-refractivity contribution in [2.75, 3.05) is 18.0 Å². The SMILES string of the molecule is Cn1c(-c2cncc(-c3ccc(F)c(C#N)c3)c2N2CC[C@H](N)C2)nc2cccc(Cl)c21. The van der Waals surface area contributed by atoms with E-state index in [4.69, 9.17) is 22.3 Å². The number of nitrogens with zero attached hydrogens (tertiary/aromatic N) is 5. The van der Waals surface area contributed by atoms with Crippen molar-refractivity contribution >= 4 is 28.3 Å². The third-order valence-electron chi connectivity index (χ3n) is 5.94. The van der Waals surface area contributed by atoms with E-state index in [1.807, 2.05) is 35.9 Å². The lowest BCUT2D eigenvalue weighted by atomic mass is 9.99. The highest BCUT2D eigenvalue weighted by molar-refractivity contribution is 6.35. The van der Waals surface area contributed by atoms with E-state index in [-0.39, 0.29) is 11.6 Å². The molecule has 0 bridgehead atoms. The molecule has 160 valence electrons. The van der Waals surface area contributed by atoms with Crippen LogP contribution < -0.4 is 10.6 Å². The normalized spacial score (nSPS) is 16.0. The summed E-state index contributed by atoms with van der Waals surface area (Å²) in [6, 6.07) is 12.2. The molecule has 2 aromatic carbocycles. The van der Waals surface area contributed by atoms with Crippen LogP contribution in [0.2, 0.25) is 5.02 Å². The van der Waals surface area contributed by atoms with Gasteiger partial charge in [-0.15, -0.1) is 0 Å². The molecule has 0 unspecified atom stereocenters. The molecular formula is C24H20ClFN6. The van der Waals surface area contributed by atoms with Gasteiger partial charge in [-0.3, -0.25) is 4.98 Å². The second kappa shape index (κ2) is 7.90. The highest BCUT2D eigenvalue weighted by Gasteiger charge is 2.27. The standard InChI is InChI=1S/C24H20ClFN6/c1-31-23-19(25)3-2-4-21(23)30-24(31)18-12-29-11-17(22(18)32-8-7-16(28)13-32)14-5-6-20(26)15(9-14)10-27/h2-6,9,11-12,16H,7-8,13,28H2,1H3/t16-/m0/s1. The lowest BCUT2D eigenvalue weighted by Gasteiger charge is -2.25. The number of pyridine rings is 1. The van der Waals surface area contributed by atoms with Crippen molar-refractivity contribution in [3.63, 3.8) is 0 Å². The number of hydrogen-bond acceptors (Lipinski definition) is 5. The van der Waals surface area contributed by atoms with Crippen LogP contribution in [0.25, 0.3) is 33.5 Å². The van der Waals surface area contributed by atoms with Crippen LogP contribution in [-0.2, 0) is 7.05 Å². The fourth-order valence-electron chi connectivity index (χ4n) is 4.40. The van der Waals surface area contributed by atoms with Gasteiger partial charge in [-0.25, -0.2) is 9.37 Å². The number of nitriles is 1. The molecule has 4 aromatic rings. The van der Waals surface area contributed by atoms with E-state index in [1.165, 1.54) is 6.07 Å². The number of para-hydroxylation sites is 1. The first-order valence-electron chi connectivity index (χ1n) is 10.3. The molecule has 32 heavy (non-hydrogen) atoms. The maximum Gasteiger partial charge on any atom is 0.144 e. The van der Waals surface area contributed by atoms with E-state index in [0.29, 0.717) is 17.1 Å². The monoisotopic (exact) mass is 446 g/mol. The zero-order chi connectivity index (χ0) is 22.4. The number of anilines is 1. The first-order chi connectivity index (χ1) is 15.5. The molecular weight excluding hydrogens is 427 g/mol. The van der Waals surface area contributed by atoms with Crippen LogP contribution in [0.15, 0.2) is 48.8 Å². The number of rotatable bonds is 3. The number of aromatic nitrogens is 3. The van der Waals surface area contributed by atoms with Gasteiger partial charge in [-0.2, -0.15) is 5.26 Å². The van der Waals surface area contributed by atoms with Crippen LogP contribution >= 0.6 is 11.6 Å². The minimum atomic E-state index is -0.546. The predicted molar refractivity (Wildman–Crippen MR) is 124 cm³/mol. The molecule has 3 heterocycles. The molecule has 0 spiro atoms. The molecule has 1 saturated heterocycles. The average molecular weight is 447 g/mol. The Balaban J connectivity index is 1.78. The van der Waals surface area contributed by atoms with Crippen molar-refractivity contribution in [3.05, 3.63) is 65.2 Å². The van der Waals surface area contributed by atoms with E-state index in [1.54, 1.807) is 24.5 Å². The van der Waals surface area contributed by atoms with Crippen LogP contribution in [0.4, 0.5) is 10.1 Å². The highest BCUT2D eigenvalue weighted by atomic mass is 35.5. The molecule has 2 aromatic heterocycles. The van der Waals surface area contributed by atoms with Crippen LogP contribution in [-0.4, -0.2) is 33.7 Å². The van der Waals surface area contributed by atoms with E-state index in [2.05, 4.69) is 9.88 Å². The summed E-state index contributed by atoms with van der Waals surface area (Å²) in [7, 11) is 1.92. The summed E-state index contributed by atoms with van der Waals surface area (Å²) in [4.78, 5) is 11.5. The van der Waals surface area contributed by atoms with Crippen molar-refractivity contribution < 1.29 is 4.39 Å². The summed E-state index contributed by atoms with van der Waals surface area (Å²) in [5, 5.41) is 9.94. The first kappa shape index (κ1) is 20.4. The third-order valence-corrected chi connectivity index (χ3v) is 6.25. The van der Waals surface area contributed by atoms with Gasteiger partial charge in [0.15, 0.2) is 0 Å². The molecule has 2 N–H and O–H groups in total. The van der Waals surface area contributed by atoms with Gasteiger partial charge in [0.25, 0.3) is 0 Å². The Bertz CT molecular complexity index is 1390. The van der Waals surface area contributed by atoms with Crippen LogP contribution in [0.5, 0.6) is 0 Å². The molecule has 5 rings (SSSR count). The maximum atomic E-state index is 14.0. The van der Waals surface area contributed by atoms with Gasteiger partial charge in [0.05, 0.1) is 32.9 Å². The molecule has 1 atom stereocenters. The number of imidazole rings is 1. The number of fused-ring (bicyclic) bond motifs is 1. The molecule has 1 aliphatic rings. The van der Waals surface area contributed by atoms with Gasteiger partial charge in [0.1, 0.15) is 17.7 Å². The summed E-state index contributed by atoms with van der Waals surface area (Å²) < 4.78 is 16.0. The summed E-state index contributed by atoms with van der Waals surface area (Å²) in [6.07, 6.45) is 4.39. The Kier molecular flexibility index (Phi) is 5.04. The van der Waals surface area contributed by atoms with Crippen molar-refractivity contribution in [1.82, 2.24) is 14.5 Å². The third kappa shape index (κ3) is 3.29. The predicted octanol–water partition coefficient (Wildman–Crippen LogP) is 4.50. The largest absolute Gasteiger partial charge is 0.369 e. The summed E-state index contributed by atoms with van der Waals surface area (Å²) in [5.74, 6) is 0.177. The Labute approximate surface area is 189 Å². The minimum Gasteiger partial charge on any atom is -0.369 e.